The highest BCUT2D eigenvalue weighted by Crippen LogP contribution is 2.48. The second-order valence-corrected chi connectivity index (χ2v) is 20.1. The number of fused-ring (bicyclic) bond motifs is 3. The molecule has 3 N–H and O–H groups in total. The number of sulfonamides is 1. The number of alkyl halides is 3. The van der Waals surface area contributed by atoms with E-state index in [1.54, 1.807) is 44.1 Å². The van der Waals surface area contributed by atoms with E-state index in [0.29, 0.717) is 43.1 Å². The van der Waals surface area contributed by atoms with Gasteiger partial charge >= 0.3 is 6.09 Å². The van der Waals surface area contributed by atoms with Crippen LogP contribution in [0.1, 0.15) is 79.6 Å². The highest BCUT2D eigenvalue weighted by atomic mass is 32.2. The summed E-state index contributed by atoms with van der Waals surface area (Å²) in [4.78, 5) is 64.6. The van der Waals surface area contributed by atoms with Crippen LogP contribution in [-0.4, -0.2) is 117 Å². The predicted molar refractivity (Wildman–Crippen MR) is 221 cm³/mol. The minimum atomic E-state index is -4.45. The molecule has 19 heteroatoms. The molecule has 0 spiro atoms. The molecule has 1 saturated heterocycles. The normalized spacial score (nSPS) is 28.5. The van der Waals surface area contributed by atoms with Crippen molar-refractivity contribution < 1.29 is 55.0 Å². The molecule has 3 fully saturated rings. The third-order valence-electron chi connectivity index (χ3n) is 12.7. The Bertz CT molecular complexity index is 2180. The van der Waals surface area contributed by atoms with Crippen molar-refractivity contribution in [3.63, 3.8) is 0 Å². The first kappa shape index (κ1) is 45.7. The van der Waals surface area contributed by atoms with Crippen LogP contribution in [0.2, 0.25) is 0 Å². The van der Waals surface area contributed by atoms with Crippen molar-refractivity contribution in [1.29, 1.82) is 0 Å². The molecule has 2 aliphatic heterocycles. The zero-order chi connectivity index (χ0) is 44.9. The molecule has 4 amide bonds. The maximum atomic E-state index is 14.9. The number of nitrogens with one attached hydrogen (secondary N) is 3. The first-order valence-electron chi connectivity index (χ1n) is 20.6. The van der Waals surface area contributed by atoms with Gasteiger partial charge in [-0.15, -0.1) is 0 Å². The predicted octanol–water partition coefficient (Wildman–Crippen LogP) is 5.02. The number of allylic oxidation sites excluding steroid dienone is 1. The van der Waals surface area contributed by atoms with Crippen LogP contribution < -0.4 is 29.7 Å². The lowest BCUT2D eigenvalue weighted by Gasteiger charge is -2.35. The number of amides is 4. The van der Waals surface area contributed by atoms with Gasteiger partial charge in [0, 0.05) is 38.7 Å². The molecule has 7 atom stereocenters. The van der Waals surface area contributed by atoms with Gasteiger partial charge in [0.15, 0.2) is 5.60 Å². The Morgan fingerprint density at radius 3 is 2.43 bits per heavy atom. The number of anilines is 1. The van der Waals surface area contributed by atoms with Gasteiger partial charge in [-0.25, -0.2) is 26.4 Å². The summed E-state index contributed by atoms with van der Waals surface area (Å²) in [7, 11) is 0.692. The monoisotopic (exact) mass is 878 g/mol. The van der Waals surface area contributed by atoms with Crippen LogP contribution in [0.15, 0.2) is 36.4 Å². The number of hydrogen-bond acceptors (Lipinski definition) is 11. The summed E-state index contributed by atoms with van der Waals surface area (Å²) >= 11 is 0. The molecule has 2 saturated carbocycles. The first-order chi connectivity index (χ1) is 28.5. The number of pyridine rings is 1. The summed E-state index contributed by atoms with van der Waals surface area (Å²) < 4.78 is 86.8. The van der Waals surface area contributed by atoms with Crippen molar-refractivity contribution in [2.45, 2.75) is 120 Å². The molecular weight excluding hydrogens is 822 g/mol. The van der Waals surface area contributed by atoms with Crippen molar-refractivity contribution in [2.24, 2.45) is 17.8 Å². The van der Waals surface area contributed by atoms with Gasteiger partial charge < -0.3 is 34.6 Å². The Morgan fingerprint density at radius 1 is 1.10 bits per heavy atom. The van der Waals surface area contributed by atoms with Crippen LogP contribution in [-0.2, 0) is 29.1 Å². The zero-order valence-electron chi connectivity index (χ0n) is 35.9. The number of alkyl carbamates (subject to hydrolysis) is 1. The largest absolute Gasteiger partial charge is 0.497 e. The van der Waals surface area contributed by atoms with Crippen LogP contribution >= 0.6 is 0 Å². The van der Waals surface area contributed by atoms with E-state index in [-0.39, 0.29) is 44.0 Å². The molecule has 3 heterocycles. The molecule has 0 bridgehead atoms. The second-order valence-electron chi connectivity index (χ2n) is 18.0. The lowest BCUT2D eigenvalue weighted by molar-refractivity contribution is -0.152. The third-order valence-corrected chi connectivity index (χ3v) is 14.8. The lowest BCUT2D eigenvalue weighted by Crippen LogP contribution is -2.60. The Labute approximate surface area is 354 Å². The fraction of sp³-hybridized carbons (Fsp3) is 0.643. The van der Waals surface area contributed by atoms with Gasteiger partial charge in [-0.1, -0.05) is 26.0 Å². The van der Waals surface area contributed by atoms with Gasteiger partial charge in [-0.05, 0) is 93.9 Å². The number of carbonyl (C=O) groups is 4. The van der Waals surface area contributed by atoms with E-state index in [1.165, 1.54) is 12.0 Å². The Balaban J connectivity index is 1.38. The van der Waals surface area contributed by atoms with E-state index in [2.05, 4.69) is 15.4 Å². The smallest absolute Gasteiger partial charge is 0.408 e. The van der Waals surface area contributed by atoms with E-state index >= 15 is 0 Å². The molecule has 0 unspecified atom stereocenters. The number of ether oxygens (including phenoxy) is 3. The topological polar surface area (TPSA) is 186 Å². The van der Waals surface area contributed by atoms with Crippen LogP contribution in [0.5, 0.6) is 11.6 Å². The minimum absolute atomic E-state index is 0.0192. The van der Waals surface area contributed by atoms with Crippen LogP contribution in [0, 0.1) is 17.8 Å². The standard InChI is InChI=1S/C42H57F3N6O9S/c1-24-11-9-10-12-27-21-42(27,37(54)49-61(56,57)41(23-43)15-16-41)48-34(52)31-20-29(59-35-30-14-13-28(58-8)18-26(30)19-32(46-35)50(6)7)22-51(31)36(53)33(25(2)17-24)47-38(55)60-39(3,4)40(5,44)45/h10,12-14,18-19,24-25,27,29,31,33H,9,11,15-17,20-23H2,1-8H3,(H,47,55)(H,48,52)(H,49,54)/b12-10-/t24-,25-,27-,29-,31+,33+,42-/m1/s1. The molecule has 2 aromatic rings. The van der Waals surface area contributed by atoms with Crippen LogP contribution in [0.3, 0.4) is 0 Å². The van der Waals surface area contributed by atoms with Gasteiger partial charge in [0.1, 0.15) is 46.7 Å². The number of aromatic nitrogens is 1. The molecule has 6 rings (SSSR count). The average Bonchev–Trinajstić information content (AvgIpc) is 4.08. The molecule has 2 aliphatic carbocycles. The molecule has 336 valence electrons. The number of methoxy groups -OCH3 is 1. The van der Waals surface area contributed by atoms with Gasteiger partial charge in [-0.2, -0.15) is 4.98 Å². The summed E-state index contributed by atoms with van der Waals surface area (Å²) in [6.07, 6.45) is 3.02. The van der Waals surface area contributed by atoms with Gasteiger partial charge in [0.05, 0.1) is 13.7 Å². The molecular formula is C42H57F3N6O9S. The van der Waals surface area contributed by atoms with E-state index in [4.69, 9.17) is 19.2 Å². The van der Waals surface area contributed by atoms with Crippen molar-refractivity contribution in [2.75, 3.05) is 39.3 Å². The number of nitrogens with zero attached hydrogens (tertiary/aromatic N) is 3. The molecule has 0 radical (unpaired) electrons. The Morgan fingerprint density at radius 2 is 1.80 bits per heavy atom. The van der Waals surface area contributed by atoms with Crippen molar-refractivity contribution in [1.82, 2.24) is 25.2 Å². The average molecular weight is 879 g/mol. The fourth-order valence-electron chi connectivity index (χ4n) is 8.02. The molecule has 15 nitrogen and oxygen atoms in total. The lowest BCUT2D eigenvalue weighted by atomic mass is 9.88. The summed E-state index contributed by atoms with van der Waals surface area (Å²) in [6.45, 7) is 5.04. The van der Waals surface area contributed by atoms with Crippen molar-refractivity contribution in [3.05, 3.63) is 36.4 Å². The highest BCUT2D eigenvalue weighted by Gasteiger charge is 2.64. The van der Waals surface area contributed by atoms with Gasteiger partial charge in [0.2, 0.25) is 27.7 Å². The summed E-state index contributed by atoms with van der Waals surface area (Å²) in [6, 6.07) is 4.46. The maximum absolute atomic E-state index is 14.9. The SMILES string of the molecule is COc1ccc2c(O[C@@H]3C[C@H]4C(=O)N[C@]5(C(=O)NS(=O)(=O)C6(CF)CC6)C[C@H]5/C=C\CC[C@@H](C)C[C@@H](C)[C@H](NC(=O)OC(C)(C)C(C)(F)F)C(=O)N4C3)nc(N(C)C)cc2c1. The van der Waals surface area contributed by atoms with E-state index in [9.17, 15) is 40.8 Å². The molecule has 1 aromatic heterocycles. The third kappa shape index (κ3) is 9.36. The first-order valence-corrected chi connectivity index (χ1v) is 22.1. The maximum Gasteiger partial charge on any atom is 0.408 e. The van der Waals surface area contributed by atoms with E-state index < -0.39 is 92.3 Å². The van der Waals surface area contributed by atoms with Crippen molar-refractivity contribution >= 4 is 50.4 Å². The quantitative estimate of drug-likeness (QED) is 0.258. The number of carbonyl (C=O) groups excluding carboxylic acids is 4. The van der Waals surface area contributed by atoms with Crippen molar-refractivity contribution in [3.8, 4) is 11.6 Å². The van der Waals surface area contributed by atoms with E-state index in [1.807, 2.05) is 25.1 Å². The summed E-state index contributed by atoms with van der Waals surface area (Å²) in [5.74, 6) is -5.88. The summed E-state index contributed by atoms with van der Waals surface area (Å²) in [5, 5.41) is 6.65. The Kier molecular flexibility index (Phi) is 12.6. The number of benzene rings is 1. The van der Waals surface area contributed by atoms with Crippen LogP contribution in [0.25, 0.3) is 10.8 Å². The van der Waals surface area contributed by atoms with E-state index in [0.717, 1.165) is 19.2 Å². The number of rotatable bonds is 11. The summed E-state index contributed by atoms with van der Waals surface area (Å²) in [5.41, 5.74) is -3.99. The molecule has 1 aromatic carbocycles. The minimum Gasteiger partial charge on any atom is -0.497 e. The fourth-order valence-corrected chi connectivity index (χ4v) is 9.45. The Hall–Kier alpha value is -4.81. The number of halogens is 3. The molecule has 4 aliphatic rings. The van der Waals surface area contributed by atoms with Gasteiger partial charge in [0.25, 0.3) is 11.8 Å². The highest BCUT2D eigenvalue weighted by molar-refractivity contribution is 7.91. The number of hydrogen-bond donors (Lipinski definition) is 3. The second kappa shape index (κ2) is 16.8. The van der Waals surface area contributed by atoms with Gasteiger partial charge in [-0.3, -0.25) is 19.1 Å². The molecule has 61 heavy (non-hydrogen) atoms. The zero-order valence-corrected chi connectivity index (χ0v) is 36.7. The van der Waals surface area contributed by atoms with Crippen LogP contribution in [0.4, 0.5) is 23.8 Å².